The molecule has 1 amide bonds. The van der Waals surface area contributed by atoms with Gasteiger partial charge in [0.2, 0.25) is 5.91 Å². The zero-order valence-corrected chi connectivity index (χ0v) is 16.5. The predicted octanol–water partition coefficient (Wildman–Crippen LogP) is 4.02. The number of rotatable bonds is 2. The normalized spacial score (nSPS) is 25.2. The number of hydrogen-bond acceptors (Lipinski definition) is 3. The smallest absolute Gasteiger partial charge is 0.219 e. The van der Waals surface area contributed by atoms with E-state index in [1.165, 1.54) is 12.8 Å². The fraction of sp³-hybridized carbons (Fsp3) is 0.579. The van der Waals surface area contributed by atoms with Gasteiger partial charge in [-0.05, 0) is 47.2 Å². The summed E-state index contributed by atoms with van der Waals surface area (Å²) >= 11 is 3.55. The number of hydrogen-bond donors (Lipinski definition) is 0. The minimum Gasteiger partial charge on any atom is -0.495 e. The zero-order chi connectivity index (χ0) is 17.8. The number of benzene rings is 1. The number of likely N-dealkylation sites (tertiary alicyclic amines) is 1. The van der Waals surface area contributed by atoms with E-state index in [0.29, 0.717) is 17.4 Å². The Morgan fingerprint density at radius 2 is 2.16 bits per heavy atom. The molecule has 0 radical (unpaired) electrons. The van der Waals surface area contributed by atoms with Crippen molar-refractivity contribution in [1.82, 2.24) is 14.7 Å². The Hall–Kier alpha value is -1.56. The summed E-state index contributed by atoms with van der Waals surface area (Å²) in [6, 6.07) is 4.49. The van der Waals surface area contributed by atoms with Crippen molar-refractivity contribution >= 4 is 32.7 Å². The molecule has 1 saturated heterocycles. The van der Waals surface area contributed by atoms with Gasteiger partial charge in [0.05, 0.1) is 23.1 Å². The molecular formula is C19H24BrN3O2. The highest BCUT2D eigenvalue weighted by Crippen LogP contribution is 2.49. The van der Waals surface area contributed by atoms with Gasteiger partial charge in [-0.25, -0.2) is 0 Å². The summed E-state index contributed by atoms with van der Waals surface area (Å²) in [6.45, 7) is 5.86. The van der Waals surface area contributed by atoms with E-state index in [4.69, 9.17) is 9.84 Å². The Morgan fingerprint density at radius 1 is 1.40 bits per heavy atom. The van der Waals surface area contributed by atoms with Crippen molar-refractivity contribution in [2.75, 3.05) is 20.2 Å². The maximum Gasteiger partial charge on any atom is 0.219 e. The molecule has 2 heterocycles. The quantitative estimate of drug-likeness (QED) is 0.757. The average Bonchev–Trinajstić information content (AvgIpc) is 2.93. The van der Waals surface area contributed by atoms with Crippen LogP contribution in [0.3, 0.4) is 0 Å². The number of methoxy groups -OCH3 is 1. The number of aromatic nitrogens is 2. The minimum atomic E-state index is 0.207. The zero-order valence-electron chi connectivity index (χ0n) is 15.0. The van der Waals surface area contributed by atoms with Crippen molar-refractivity contribution in [1.29, 1.82) is 0 Å². The van der Waals surface area contributed by atoms with Crippen LogP contribution in [0.15, 0.2) is 22.8 Å². The van der Waals surface area contributed by atoms with Crippen LogP contribution in [0.1, 0.15) is 39.2 Å². The molecule has 2 fully saturated rings. The molecule has 1 saturated carbocycles. The lowest BCUT2D eigenvalue weighted by atomic mass is 9.64. The number of carbonyl (C=O) groups excluding carboxylic acids is 1. The summed E-state index contributed by atoms with van der Waals surface area (Å²) in [6.07, 6.45) is 5.63. The van der Waals surface area contributed by atoms with Crippen molar-refractivity contribution in [3.63, 3.8) is 0 Å². The van der Waals surface area contributed by atoms with Crippen LogP contribution >= 0.6 is 15.9 Å². The molecule has 6 heteroatoms. The van der Waals surface area contributed by atoms with Gasteiger partial charge in [-0.15, -0.1) is 0 Å². The molecule has 1 aromatic carbocycles. The standard InChI is InChI=1S/C19H24BrN3O2/c1-12-8-19(10-22(11-19)13(2)24)5-4-17(12)23-9-14-6-15(20)18(25-3)7-16(14)21-23/h6-7,9,12,17H,4-5,8,10-11H2,1-3H3. The molecule has 4 rings (SSSR count). The van der Waals surface area contributed by atoms with Gasteiger partial charge in [0.15, 0.2) is 0 Å². The first-order valence-electron chi connectivity index (χ1n) is 8.89. The Labute approximate surface area is 156 Å². The third kappa shape index (κ3) is 2.84. The van der Waals surface area contributed by atoms with Crippen molar-refractivity contribution in [2.45, 2.75) is 39.2 Å². The number of halogens is 1. The maximum absolute atomic E-state index is 11.5. The fourth-order valence-corrected chi connectivity index (χ4v) is 5.22. The topological polar surface area (TPSA) is 47.4 Å². The predicted molar refractivity (Wildman–Crippen MR) is 101 cm³/mol. The largest absolute Gasteiger partial charge is 0.495 e. The van der Waals surface area contributed by atoms with Crippen molar-refractivity contribution in [2.24, 2.45) is 11.3 Å². The number of amides is 1. The first-order chi connectivity index (χ1) is 11.9. The number of carbonyl (C=O) groups is 1. The molecule has 2 aromatic rings. The van der Waals surface area contributed by atoms with Gasteiger partial charge in [-0.2, -0.15) is 5.10 Å². The second-order valence-electron chi connectivity index (χ2n) is 7.82. The fourth-order valence-electron chi connectivity index (χ4n) is 4.70. The van der Waals surface area contributed by atoms with E-state index in [9.17, 15) is 4.79 Å². The molecule has 134 valence electrons. The molecule has 1 aliphatic heterocycles. The van der Waals surface area contributed by atoms with Crippen molar-refractivity contribution in [3.05, 3.63) is 22.8 Å². The number of fused-ring (bicyclic) bond motifs is 1. The molecule has 1 aliphatic carbocycles. The van der Waals surface area contributed by atoms with Gasteiger partial charge in [0, 0.05) is 43.1 Å². The van der Waals surface area contributed by atoms with Gasteiger partial charge in [0.1, 0.15) is 5.75 Å². The van der Waals surface area contributed by atoms with Crippen LogP contribution in [-0.4, -0.2) is 40.8 Å². The van der Waals surface area contributed by atoms with Crippen molar-refractivity contribution in [3.8, 4) is 5.75 Å². The van der Waals surface area contributed by atoms with E-state index < -0.39 is 0 Å². The maximum atomic E-state index is 11.5. The van der Waals surface area contributed by atoms with E-state index in [2.05, 4.69) is 39.8 Å². The van der Waals surface area contributed by atoms with Crippen LogP contribution in [-0.2, 0) is 4.79 Å². The highest BCUT2D eigenvalue weighted by molar-refractivity contribution is 9.10. The monoisotopic (exact) mass is 405 g/mol. The van der Waals surface area contributed by atoms with Gasteiger partial charge < -0.3 is 9.64 Å². The molecule has 1 spiro atoms. The Balaban J connectivity index is 1.53. The van der Waals surface area contributed by atoms with Crippen LogP contribution < -0.4 is 4.74 Å². The molecule has 1 aromatic heterocycles. The Kier molecular flexibility index (Phi) is 4.06. The first kappa shape index (κ1) is 16.9. The SMILES string of the molecule is COc1cc2nn(C3CCC4(CC3C)CN(C(C)=O)C4)cc2cc1Br. The van der Waals surface area contributed by atoms with E-state index in [-0.39, 0.29) is 5.91 Å². The summed E-state index contributed by atoms with van der Waals surface area (Å²) in [5, 5.41) is 5.95. The Bertz CT molecular complexity index is 825. The van der Waals surface area contributed by atoms with Gasteiger partial charge in [0.25, 0.3) is 0 Å². The lowest BCUT2D eigenvalue weighted by molar-refractivity contribution is -0.145. The summed E-state index contributed by atoms with van der Waals surface area (Å²) in [7, 11) is 1.68. The molecule has 2 atom stereocenters. The summed E-state index contributed by atoms with van der Waals surface area (Å²) < 4.78 is 8.48. The van der Waals surface area contributed by atoms with E-state index in [1.807, 2.05) is 11.0 Å². The van der Waals surface area contributed by atoms with Crippen LogP contribution in [0.5, 0.6) is 5.75 Å². The van der Waals surface area contributed by atoms with Crippen LogP contribution in [0.25, 0.3) is 10.9 Å². The molecule has 5 nitrogen and oxygen atoms in total. The number of nitrogens with zero attached hydrogens (tertiary/aromatic N) is 3. The lowest BCUT2D eigenvalue weighted by Gasteiger charge is -2.55. The first-order valence-corrected chi connectivity index (χ1v) is 9.68. The highest BCUT2D eigenvalue weighted by atomic mass is 79.9. The van der Waals surface area contributed by atoms with Crippen molar-refractivity contribution < 1.29 is 9.53 Å². The third-order valence-electron chi connectivity index (χ3n) is 6.02. The second-order valence-corrected chi connectivity index (χ2v) is 8.67. The molecule has 2 aliphatic rings. The highest BCUT2D eigenvalue weighted by Gasteiger charge is 2.48. The molecule has 0 bridgehead atoms. The Morgan fingerprint density at radius 3 is 2.80 bits per heavy atom. The number of ether oxygens (including phenoxy) is 1. The lowest BCUT2D eigenvalue weighted by Crippen LogP contribution is -2.60. The van der Waals surface area contributed by atoms with Gasteiger partial charge in [-0.1, -0.05) is 6.92 Å². The van der Waals surface area contributed by atoms with E-state index >= 15 is 0 Å². The van der Waals surface area contributed by atoms with E-state index in [1.54, 1.807) is 14.0 Å². The van der Waals surface area contributed by atoms with Gasteiger partial charge in [-0.3, -0.25) is 9.48 Å². The summed E-state index contributed by atoms with van der Waals surface area (Å²) in [4.78, 5) is 13.5. The average molecular weight is 406 g/mol. The van der Waals surface area contributed by atoms with E-state index in [0.717, 1.165) is 40.6 Å². The van der Waals surface area contributed by atoms with Crippen LogP contribution in [0, 0.1) is 11.3 Å². The molecule has 2 unspecified atom stereocenters. The molecule has 0 N–H and O–H groups in total. The molecular weight excluding hydrogens is 382 g/mol. The minimum absolute atomic E-state index is 0.207. The van der Waals surface area contributed by atoms with Crippen LogP contribution in [0.2, 0.25) is 0 Å². The summed E-state index contributed by atoms with van der Waals surface area (Å²) in [5.41, 5.74) is 1.32. The molecule has 25 heavy (non-hydrogen) atoms. The second kappa shape index (κ2) is 6.01. The van der Waals surface area contributed by atoms with Gasteiger partial charge >= 0.3 is 0 Å². The summed E-state index contributed by atoms with van der Waals surface area (Å²) in [5.74, 6) is 1.58. The third-order valence-corrected chi connectivity index (χ3v) is 6.64. The van der Waals surface area contributed by atoms with Crippen LogP contribution in [0.4, 0.5) is 0 Å².